The third-order valence-corrected chi connectivity index (χ3v) is 3.35. The number of hydrazine groups is 1. The second kappa shape index (κ2) is 7.92. The highest BCUT2D eigenvalue weighted by molar-refractivity contribution is 5.96. The van der Waals surface area contributed by atoms with E-state index >= 15 is 0 Å². The van der Waals surface area contributed by atoms with Crippen LogP contribution in [0.5, 0.6) is 0 Å². The van der Waals surface area contributed by atoms with Crippen LogP contribution in [0.15, 0.2) is 54.6 Å². The molecule has 0 fully saturated rings. The minimum absolute atomic E-state index is 0.394. The Kier molecular flexibility index (Phi) is 5.68. The smallest absolute Gasteiger partial charge is 0.339 e. The van der Waals surface area contributed by atoms with E-state index in [0.717, 1.165) is 5.56 Å². The molecule has 0 aliphatic carbocycles. The van der Waals surface area contributed by atoms with Crippen LogP contribution in [0.3, 0.4) is 0 Å². The zero-order valence-corrected chi connectivity index (χ0v) is 13.4. The van der Waals surface area contributed by atoms with Crippen molar-refractivity contribution in [1.29, 1.82) is 0 Å². The molecule has 0 unspecified atom stereocenters. The molecular formula is C18H18N2O4. The third-order valence-electron chi connectivity index (χ3n) is 3.35. The first-order chi connectivity index (χ1) is 11.5. The standard InChI is InChI=1S/C18H18N2O4/c1-12-8-6-7-11-15(12)18(23)24-13(2)16(21)19-20-17(22)14-9-4-3-5-10-14/h3-11,13H,1-2H3,(H,19,21)(H,20,22)/t13-/m1/s1. The second-order valence-electron chi connectivity index (χ2n) is 5.17. The maximum atomic E-state index is 12.1. The summed E-state index contributed by atoms with van der Waals surface area (Å²) in [5.74, 6) is -1.67. The van der Waals surface area contributed by atoms with Gasteiger partial charge in [0.1, 0.15) is 0 Å². The minimum atomic E-state index is -1.05. The average molecular weight is 326 g/mol. The van der Waals surface area contributed by atoms with Crippen molar-refractivity contribution in [3.8, 4) is 0 Å². The molecule has 2 aromatic rings. The summed E-state index contributed by atoms with van der Waals surface area (Å²) in [5.41, 5.74) is 6.07. The van der Waals surface area contributed by atoms with Crippen LogP contribution >= 0.6 is 0 Å². The summed E-state index contributed by atoms with van der Waals surface area (Å²) >= 11 is 0. The van der Waals surface area contributed by atoms with Crippen LogP contribution in [0.25, 0.3) is 0 Å². The van der Waals surface area contributed by atoms with Gasteiger partial charge in [0.05, 0.1) is 5.56 Å². The van der Waals surface area contributed by atoms with Crippen molar-refractivity contribution in [3.63, 3.8) is 0 Å². The number of carbonyl (C=O) groups is 3. The number of esters is 1. The summed E-state index contributed by atoms with van der Waals surface area (Å²) in [6, 6.07) is 15.4. The van der Waals surface area contributed by atoms with Crippen LogP contribution < -0.4 is 10.9 Å². The maximum Gasteiger partial charge on any atom is 0.339 e. The monoisotopic (exact) mass is 326 g/mol. The van der Waals surface area contributed by atoms with Gasteiger partial charge in [-0.25, -0.2) is 4.79 Å². The molecule has 0 aliphatic rings. The molecule has 2 amide bonds. The highest BCUT2D eigenvalue weighted by Crippen LogP contribution is 2.10. The van der Waals surface area contributed by atoms with Gasteiger partial charge in [0.15, 0.2) is 6.10 Å². The molecule has 0 radical (unpaired) electrons. The van der Waals surface area contributed by atoms with Gasteiger partial charge in [-0.05, 0) is 37.6 Å². The van der Waals surface area contributed by atoms with Crippen LogP contribution in [0.2, 0.25) is 0 Å². The van der Waals surface area contributed by atoms with Crippen LogP contribution in [-0.2, 0) is 9.53 Å². The number of nitrogens with one attached hydrogen (secondary N) is 2. The number of rotatable bonds is 4. The summed E-state index contributed by atoms with van der Waals surface area (Å²) in [7, 11) is 0. The van der Waals surface area contributed by atoms with Crippen LogP contribution in [0.4, 0.5) is 0 Å². The average Bonchev–Trinajstić information content (AvgIpc) is 2.60. The van der Waals surface area contributed by atoms with Crippen LogP contribution in [0, 0.1) is 6.92 Å². The van der Waals surface area contributed by atoms with E-state index in [1.165, 1.54) is 6.92 Å². The van der Waals surface area contributed by atoms with Gasteiger partial charge in [-0.3, -0.25) is 20.4 Å². The van der Waals surface area contributed by atoms with E-state index in [1.54, 1.807) is 61.5 Å². The van der Waals surface area contributed by atoms with Crippen molar-refractivity contribution in [2.24, 2.45) is 0 Å². The summed E-state index contributed by atoms with van der Waals surface area (Å²) in [4.78, 5) is 35.8. The summed E-state index contributed by atoms with van der Waals surface area (Å²) in [6.07, 6.45) is -1.05. The zero-order chi connectivity index (χ0) is 17.5. The first-order valence-corrected chi connectivity index (χ1v) is 7.41. The summed E-state index contributed by atoms with van der Waals surface area (Å²) in [5, 5.41) is 0. The topological polar surface area (TPSA) is 84.5 Å². The van der Waals surface area contributed by atoms with Gasteiger partial charge in [-0.1, -0.05) is 36.4 Å². The van der Waals surface area contributed by atoms with Gasteiger partial charge < -0.3 is 4.74 Å². The Labute approximate surface area is 139 Å². The molecule has 1 atom stereocenters. The van der Waals surface area contributed by atoms with Gasteiger partial charge in [0.25, 0.3) is 11.8 Å². The highest BCUT2D eigenvalue weighted by Gasteiger charge is 2.20. The molecule has 0 saturated carbocycles. The highest BCUT2D eigenvalue weighted by atomic mass is 16.5. The lowest BCUT2D eigenvalue weighted by Gasteiger charge is -2.14. The molecule has 6 nitrogen and oxygen atoms in total. The Morgan fingerprint density at radius 3 is 2.21 bits per heavy atom. The molecule has 6 heteroatoms. The van der Waals surface area contributed by atoms with E-state index in [-0.39, 0.29) is 0 Å². The van der Waals surface area contributed by atoms with E-state index in [2.05, 4.69) is 10.9 Å². The Balaban J connectivity index is 1.87. The Morgan fingerprint density at radius 2 is 1.54 bits per heavy atom. The molecule has 0 spiro atoms. The number of hydrogen-bond donors (Lipinski definition) is 2. The summed E-state index contributed by atoms with van der Waals surface area (Å²) in [6.45, 7) is 3.21. The predicted molar refractivity (Wildman–Crippen MR) is 88.1 cm³/mol. The molecule has 0 saturated heterocycles. The van der Waals surface area contributed by atoms with E-state index in [0.29, 0.717) is 11.1 Å². The summed E-state index contributed by atoms with van der Waals surface area (Å²) < 4.78 is 5.11. The molecule has 0 heterocycles. The lowest BCUT2D eigenvalue weighted by atomic mass is 10.1. The number of hydrogen-bond acceptors (Lipinski definition) is 4. The normalized spacial score (nSPS) is 11.2. The van der Waals surface area contributed by atoms with Crippen molar-refractivity contribution in [1.82, 2.24) is 10.9 Å². The Morgan fingerprint density at radius 1 is 0.917 bits per heavy atom. The third kappa shape index (κ3) is 4.42. The molecule has 0 aromatic heterocycles. The van der Waals surface area contributed by atoms with Gasteiger partial charge in [-0.15, -0.1) is 0 Å². The first kappa shape index (κ1) is 17.2. The molecular weight excluding hydrogens is 308 g/mol. The fourth-order valence-corrected chi connectivity index (χ4v) is 1.96. The molecule has 124 valence electrons. The zero-order valence-electron chi connectivity index (χ0n) is 13.4. The number of amides is 2. The second-order valence-corrected chi connectivity index (χ2v) is 5.17. The fourth-order valence-electron chi connectivity index (χ4n) is 1.96. The van der Waals surface area contributed by atoms with E-state index in [4.69, 9.17) is 4.74 Å². The lowest BCUT2D eigenvalue weighted by molar-refractivity contribution is -0.129. The van der Waals surface area contributed by atoms with Crippen LogP contribution in [0.1, 0.15) is 33.2 Å². The molecule has 0 bridgehead atoms. The van der Waals surface area contributed by atoms with Gasteiger partial charge in [0.2, 0.25) is 0 Å². The largest absolute Gasteiger partial charge is 0.449 e. The van der Waals surface area contributed by atoms with E-state index in [1.807, 2.05) is 0 Å². The molecule has 2 aromatic carbocycles. The van der Waals surface area contributed by atoms with Crippen molar-refractivity contribution in [3.05, 3.63) is 71.3 Å². The Hall–Kier alpha value is -3.15. The number of carbonyl (C=O) groups excluding carboxylic acids is 3. The van der Waals surface area contributed by atoms with Gasteiger partial charge in [0, 0.05) is 5.56 Å². The maximum absolute atomic E-state index is 12.1. The van der Waals surface area contributed by atoms with Crippen molar-refractivity contribution >= 4 is 17.8 Å². The van der Waals surface area contributed by atoms with Crippen molar-refractivity contribution in [2.45, 2.75) is 20.0 Å². The number of benzene rings is 2. The minimum Gasteiger partial charge on any atom is -0.449 e. The molecule has 24 heavy (non-hydrogen) atoms. The quantitative estimate of drug-likeness (QED) is 0.665. The number of aryl methyl sites for hydroxylation is 1. The fraction of sp³-hybridized carbons (Fsp3) is 0.167. The van der Waals surface area contributed by atoms with E-state index < -0.39 is 23.9 Å². The van der Waals surface area contributed by atoms with Crippen molar-refractivity contribution in [2.75, 3.05) is 0 Å². The van der Waals surface area contributed by atoms with Crippen LogP contribution in [-0.4, -0.2) is 23.9 Å². The molecule has 2 N–H and O–H groups in total. The molecule has 0 aliphatic heterocycles. The van der Waals surface area contributed by atoms with Gasteiger partial charge in [-0.2, -0.15) is 0 Å². The SMILES string of the molecule is Cc1ccccc1C(=O)O[C@H](C)C(=O)NNC(=O)c1ccccc1. The number of ether oxygens (including phenoxy) is 1. The predicted octanol–water partition coefficient (Wildman–Crippen LogP) is 2.00. The lowest BCUT2D eigenvalue weighted by Crippen LogP contribution is -2.46. The first-order valence-electron chi connectivity index (χ1n) is 7.41. The van der Waals surface area contributed by atoms with Gasteiger partial charge >= 0.3 is 5.97 Å². The molecule has 2 rings (SSSR count). The Bertz CT molecular complexity index is 744. The van der Waals surface area contributed by atoms with Crippen molar-refractivity contribution < 1.29 is 19.1 Å². The van der Waals surface area contributed by atoms with E-state index in [9.17, 15) is 14.4 Å².